The summed E-state index contributed by atoms with van der Waals surface area (Å²) < 4.78 is 13.6. The van der Waals surface area contributed by atoms with Gasteiger partial charge in [-0.3, -0.25) is 4.79 Å². The predicted octanol–water partition coefficient (Wildman–Crippen LogP) is 5.88. The van der Waals surface area contributed by atoms with Crippen LogP contribution in [0.4, 0.5) is 0 Å². The summed E-state index contributed by atoms with van der Waals surface area (Å²) >= 11 is 0. The van der Waals surface area contributed by atoms with Gasteiger partial charge in [0.15, 0.2) is 0 Å². The van der Waals surface area contributed by atoms with Crippen LogP contribution in [0, 0.1) is 13.8 Å². The zero-order valence-corrected chi connectivity index (χ0v) is 21.4. The van der Waals surface area contributed by atoms with E-state index in [0.717, 1.165) is 54.8 Å². The van der Waals surface area contributed by atoms with Crippen LogP contribution in [0.5, 0.6) is 11.5 Å². The van der Waals surface area contributed by atoms with Gasteiger partial charge >= 0.3 is 0 Å². The molecule has 3 aromatic carbocycles. The highest BCUT2D eigenvalue weighted by Gasteiger charge is 2.11. The fraction of sp³-hybridized carbons (Fsp3) is 0.333. The maximum absolute atomic E-state index is 12.4. The lowest BCUT2D eigenvalue weighted by molar-refractivity contribution is 0.0952. The molecule has 0 spiro atoms. The number of nitrogens with one attached hydrogen (secondary N) is 1. The summed E-state index contributed by atoms with van der Waals surface area (Å²) in [7, 11) is 1.60. The Hall–Kier alpha value is -3.80. The van der Waals surface area contributed by atoms with E-state index >= 15 is 0 Å². The first-order chi connectivity index (χ1) is 17.5. The maximum Gasteiger partial charge on any atom is 0.251 e. The van der Waals surface area contributed by atoms with E-state index < -0.39 is 0 Å². The van der Waals surface area contributed by atoms with Crippen molar-refractivity contribution >= 4 is 16.9 Å². The van der Waals surface area contributed by atoms with Crippen LogP contribution >= 0.6 is 0 Å². The van der Waals surface area contributed by atoms with Gasteiger partial charge in [-0.05, 0) is 80.3 Å². The van der Waals surface area contributed by atoms with Crippen molar-refractivity contribution in [2.75, 3.05) is 20.3 Å². The van der Waals surface area contributed by atoms with Gasteiger partial charge < -0.3 is 19.4 Å². The number of carbonyl (C=O) groups excluding carboxylic acids is 1. The van der Waals surface area contributed by atoms with Crippen molar-refractivity contribution < 1.29 is 14.3 Å². The Labute approximate surface area is 213 Å². The molecule has 1 N–H and O–H groups in total. The normalized spacial score (nSPS) is 11.0. The van der Waals surface area contributed by atoms with Crippen molar-refractivity contribution in [1.29, 1.82) is 0 Å². The summed E-state index contributed by atoms with van der Waals surface area (Å²) in [6.45, 7) is 6.17. The number of hydrogen-bond donors (Lipinski definition) is 1. The van der Waals surface area contributed by atoms with E-state index in [-0.39, 0.29) is 5.91 Å². The molecule has 0 saturated heterocycles. The number of methoxy groups -OCH3 is 1. The SMILES string of the molecule is COc1cccc(C(=O)NCCCCCc2nc3ccccc3n2CCOc2cc(C)cc(C)c2)c1. The average Bonchev–Trinajstić information content (AvgIpc) is 3.22. The zero-order chi connectivity index (χ0) is 25.3. The van der Waals surface area contributed by atoms with Crippen LogP contribution in [0.1, 0.15) is 46.6 Å². The minimum Gasteiger partial charge on any atom is -0.497 e. The lowest BCUT2D eigenvalue weighted by atomic mass is 10.1. The van der Waals surface area contributed by atoms with Crippen molar-refractivity contribution in [2.45, 2.75) is 46.1 Å². The largest absolute Gasteiger partial charge is 0.497 e. The lowest BCUT2D eigenvalue weighted by Crippen LogP contribution is -2.24. The van der Waals surface area contributed by atoms with Crippen LogP contribution in [-0.2, 0) is 13.0 Å². The van der Waals surface area contributed by atoms with Crippen LogP contribution < -0.4 is 14.8 Å². The lowest BCUT2D eigenvalue weighted by Gasteiger charge is -2.12. The van der Waals surface area contributed by atoms with Gasteiger partial charge in [0.1, 0.15) is 23.9 Å². The second kappa shape index (κ2) is 12.2. The van der Waals surface area contributed by atoms with Gasteiger partial charge in [0, 0.05) is 18.5 Å². The van der Waals surface area contributed by atoms with Crippen molar-refractivity contribution in [2.24, 2.45) is 0 Å². The van der Waals surface area contributed by atoms with Gasteiger partial charge in [-0.2, -0.15) is 0 Å². The Morgan fingerprint density at radius 1 is 0.917 bits per heavy atom. The Kier molecular flexibility index (Phi) is 8.61. The van der Waals surface area contributed by atoms with Crippen molar-refractivity contribution in [3.05, 3.63) is 89.2 Å². The maximum atomic E-state index is 12.4. The van der Waals surface area contributed by atoms with Crippen molar-refractivity contribution in [3.8, 4) is 11.5 Å². The molecule has 4 aromatic rings. The molecule has 0 fully saturated rings. The molecule has 0 aliphatic carbocycles. The monoisotopic (exact) mass is 485 g/mol. The quantitative estimate of drug-likeness (QED) is 0.254. The second-order valence-corrected chi connectivity index (χ2v) is 9.14. The van der Waals surface area contributed by atoms with Crippen LogP contribution in [0.3, 0.4) is 0 Å². The Balaban J connectivity index is 1.27. The first kappa shape index (κ1) is 25.3. The van der Waals surface area contributed by atoms with E-state index in [1.807, 2.05) is 18.2 Å². The molecule has 1 heterocycles. The van der Waals surface area contributed by atoms with Crippen molar-refractivity contribution in [1.82, 2.24) is 14.9 Å². The number of benzene rings is 3. The Morgan fingerprint density at radius 3 is 2.53 bits per heavy atom. The molecule has 1 amide bonds. The van der Waals surface area contributed by atoms with Crippen molar-refractivity contribution in [3.63, 3.8) is 0 Å². The fourth-order valence-corrected chi connectivity index (χ4v) is 4.49. The molecule has 0 saturated carbocycles. The molecular weight excluding hydrogens is 450 g/mol. The van der Waals surface area contributed by atoms with Crippen LogP contribution in [0.25, 0.3) is 11.0 Å². The number of aryl methyl sites for hydroxylation is 3. The number of carbonyl (C=O) groups is 1. The van der Waals surface area contributed by atoms with Gasteiger partial charge in [0.05, 0.1) is 24.7 Å². The van der Waals surface area contributed by atoms with E-state index in [1.54, 1.807) is 19.2 Å². The molecule has 6 heteroatoms. The minimum absolute atomic E-state index is 0.0699. The summed E-state index contributed by atoms with van der Waals surface area (Å²) in [5.41, 5.74) is 5.19. The second-order valence-electron chi connectivity index (χ2n) is 9.14. The number of imidazole rings is 1. The summed E-state index contributed by atoms with van der Waals surface area (Å²) in [4.78, 5) is 17.3. The number of unbranched alkanes of at least 4 members (excludes halogenated alkanes) is 2. The summed E-state index contributed by atoms with van der Waals surface area (Å²) in [6, 6.07) is 21.8. The van der Waals surface area contributed by atoms with E-state index in [4.69, 9.17) is 14.5 Å². The third-order valence-electron chi connectivity index (χ3n) is 6.21. The van der Waals surface area contributed by atoms with Gasteiger partial charge in [-0.15, -0.1) is 0 Å². The third kappa shape index (κ3) is 6.66. The molecule has 0 unspecified atom stereocenters. The first-order valence-corrected chi connectivity index (χ1v) is 12.6. The fourth-order valence-electron chi connectivity index (χ4n) is 4.49. The molecule has 188 valence electrons. The third-order valence-corrected chi connectivity index (χ3v) is 6.21. The number of hydrogen-bond acceptors (Lipinski definition) is 4. The molecule has 0 atom stereocenters. The van der Waals surface area contributed by atoms with Gasteiger partial charge in [-0.25, -0.2) is 4.98 Å². The number of ether oxygens (including phenoxy) is 2. The molecule has 6 nitrogen and oxygen atoms in total. The van der Waals surface area contributed by atoms with Crippen LogP contribution in [0.15, 0.2) is 66.7 Å². The zero-order valence-electron chi connectivity index (χ0n) is 21.4. The summed E-state index contributed by atoms with van der Waals surface area (Å²) in [5, 5.41) is 3.00. The van der Waals surface area contributed by atoms with E-state index in [9.17, 15) is 4.79 Å². The van der Waals surface area contributed by atoms with Gasteiger partial charge in [0.2, 0.25) is 0 Å². The van der Waals surface area contributed by atoms with E-state index in [2.05, 4.69) is 60.1 Å². The Bertz CT molecular complexity index is 1290. The molecular formula is C30H35N3O3. The van der Waals surface area contributed by atoms with Crippen LogP contribution in [0.2, 0.25) is 0 Å². The molecule has 0 radical (unpaired) electrons. The number of aromatic nitrogens is 2. The smallest absolute Gasteiger partial charge is 0.251 e. The molecule has 0 aliphatic rings. The minimum atomic E-state index is -0.0699. The predicted molar refractivity (Wildman–Crippen MR) is 144 cm³/mol. The highest BCUT2D eigenvalue weighted by molar-refractivity contribution is 5.94. The number of nitrogens with zero attached hydrogens (tertiary/aromatic N) is 2. The molecule has 36 heavy (non-hydrogen) atoms. The summed E-state index contributed by atoms with van der Waals surface area (Å²) in [5.74, 6) is 2.61. The summed E-state index contributed by atoms with van der Waals surface area (Å²) in [6.07, 6.45) is 3.84. The number of para-hydroxylation sites is 2. The highest BCUT2D eigenvalue weighted by atomic mass is 16.5. The van der Waals surface area contributed by atoms with Gasteiger partial charge in [-0.1, -0.05) is 30.7 Å². The number of rotatable bonds is 12. The molecule has 0 bridgehead atoms. The van der Waals surface area contributed by atoms with E-state index in [0.29, 0.717) is 24.5 Å². The molecule has 1 aromatic heterocycles. The number of fused-ring (bicyclic) bond motifs is 1. The average molecular weight is 486 g/mol. The molecule has 0 aliphatic heterocycles. The number of amides is 1. The molecule has 4 rings (SSSR count). The van der Waals surface area contributed by atoms with Gasteiger partial charge in [0.25, 0.3) is 5.91 Å². The first-order valence-electron chi connectivity index (χ1n) is 12.6. The Morgan fingerprint density at radius 2 is 1.72 bits per heavy atom. The van der Waals surface area contributed by atoms with E-state index in [1.165, 1.54) is 11.1 Å². The topological polar surface area (TPSA) is 65.4 Å². The highest BCUT2D eigenvalue weighted by Crippen LogP contribution is 2.20. The van der Waals surface area contributed by atoms with Crippen LogP contribution in [-0.4, -0.2) is 35.7 Å². The standard InChI is InChI=1S/C30H35N3O3/c1-22-18-23(2)20-26(19-22)36-17-16-33-28-13-7-6-12-27(28)32-29(33)14-5-4-8-15-31-30(34)24-10-9-11-25(21-24)35-3/h6-7,9-13,18-21H,4-5,8,14-17H2,1-3H3,(H,31,34).